The molecule has 0 spiro atoms. The Morgan fingerprint density at radius 1 is 1.11 bits per heavy atom. The summed E-state index contributed by atoms with van der Waals surface area (Å²) in [6, 6.07) is 11.7. The van der Waals surface area contributed by atoms with Crippen LogP contribution in [0.15, 0.2) is 42.5 Å². The minimum atomic E-state index is -1.08. The number of carbonyl (C=O) groups is 2. The number of hydrogen-bond donors (Lipinski definition) is 2. The molecular weight excluding hydrogens is 362 g/mol. The maximum Gasteiger partial charge on any atom is 0.341 e. The predicted octanol–water partition coefficient (Wildman–Crippen LogP) is 3.44. The molecule has 1 amide bonds. The molecule has 2 rings (SSSR count). The molecule has 1 unspecified atom stereocenters. The number of rotatable bonds is 10. The van der Waals surface area contributed by atoms with Crippen LogP contribution in [0.4, 0.5) is 0 Å². The Kier molecular flexibility index (Phi) is 7.68. The smallest absolute Gasteiger partial charge is 0.341 e. The summed E-state index contributed by atoms with van der Waals surface area (Å²) in [5, 5.41) is 11.6. The third-order valence-electron chi connectivity index (χ3n) is 3.96. The van der Waals surface area contributed by atoms with E-state index in [9.17, 15) is 9.59 Å². The van der Waals surface area contributed by atoms with Gasteiger partial charge in [0.1, 0.15) is 5.75 Å². The monoisotopic (exact) mass is 387 g/mol. The van der Waals surface area contributed by atoms with E-state index in [0.29, 0.717) is 29.4 Å². The van der Waals surface area contributed by atoms with Crippen molar-refractivity contribution in [2.24, 2.45) is 0 Å². The normalized spacial score (nSPS) is 11.4. The van der Waals surface area contributed by atoms with Gasteiger partial charge in [-0.05, 0) is 49.2 Å². The molecule has 7 heteroatoms. The molecule has 150 valence electrons. The summed E-state index contributed by atoms with van der Waals surface area (Å²) in [7, 11) is 1.57. The standard InChI is InChI=1S/C21H25NO6/c1-4-10-27-18-9-8-15(12-19(18)26-3)14(2)22-21(25)16-6-5-7-17(11-16)28-13-20(23)24/h5-9,11-12,14H,4,10,13H2,1-3H3,(H,22,25)(H,23,24). The lowest BCUT2D eigenvalue weighted by atomic mass is 10.1. The molecule has 7 nitrogen and oxygen atoms in total. The van der Waals surface area contributed by atoms with Crippen LogP contribution in [0.2, 0.25) is 0 Å². The van der Waals surface area contributed by atoms with Crippen molar-refractivity contribution in [3.8, 4) is 17.2 Å². The lowest BCUT2D eigenvalue weighted by Gasteiger charge is -2.17. The number of carbonyl (C=O) groups excluding carboxylic acids is 1. The molecule has 0 aromatic heterocycles. The molecule has 2 N–H and O–H groups in total. The van der Waals surface area contributed by atoms with Gasteiger partial charge in [0.05, 0.1) is 19.8 Å². The van der Waals surface area contributed by atoms with Gasteiger partial charge in [0.15, 0.2) is 18.1 Å². The van der Waals surface area contributed by atoms with E-state index in [1.54, 1.807) is 25.3 Å². The highest BCUT2D eigenvalue weighted by Gasteiger charge is 2.15. The van der Waals surface area contributed by atoms with Gasteiger partial charge in [-0.1, -0.05) is 19.1 Å². The molecule has 0 radical (unpaired) electrons. The molecule has 2 aromatic carbocycles. The van der Waals surface area contributed by atoms with E-state index in [4.69, 9.17) is 19.3 Å². The van der Waals surface area contributed by atoms with Crippen LogP contribution in [0.1, 0.15) is 42.2 Å². The second-order valence-corrected chi connectivity index (χ2v) is 6.16. The molecule has 0 saturated heterocycles. The topological polar surface area (TPSA) is 94.1 Å². The first kappa shape index (κ1) is 21.1. The van der Waals surface area contributed by atoms with Gasteiger partial charge in [-0.3, -0.25) is 4.79 Å². The Balaban J connectivity index is 2.07. The van der Waals surface area contributed by atoms with Gasteiger partial charge in [0.25, 0.3) is 5.91 Å². The molecule has 0 fully saturated rings. The van der Waals surface area contributed by atoms with Gasteiger partial charge in [-0.2, -0.15) is 0 Å². The predicted molar refractivity (Wildman–Crippen MR) is 104 cm³/mol. The minimum Gasteiger partial charge on any atom is -0.493 e. The highest BCUT2D eigenvalue weighted by Crippen LogP contribution is 2.30. The third kappa shape index (κ3) is 5.90. The molecule has 0 saturated carbocycles. The van der Waals surface area contributed by atoms with Crippen LogP contribution in [-0.4, -0.2) is 37.3 Å². The number of benzene rings is 2. The summed E-state index contributed by atoms with van der Waals surface area (Å²) >= 11 is 0. The summed E-state index contributed by atoms with van der Waals surface area (Å²) in [6.07, 6.45) is 0.895. The van der Waals surface area contributed by atoms with E-state index >= 15 is 0 Å². The van der Waals surface area contributed by atoms with Crippen molar-refractivity contribution in [1.82, 2.24) is 5.32 Å². The highest BCUT2D eigenvalue weighted by atomic mass is 16.5. The van der Waals surface area contributed by atoms with Crippen molar-refractivity contribution in [3.63, 3.8) is 0 Å². The zero-order chi connectivity index (χ0) is 20.5. The maximum atomic E-state index is 12.5. The first-order valence-electron chi connectivity index (χ1n) is 9.00. The van der Waals surface area contributed by atoms with Gasteiger partial charge in [0.2, 0.25) is 0 Å². The van der Waals surface area contributed by atoms with E-state index in [2.05, 4.69) is 5.32 Å². The average Bonchev–Trinajstić information content (AvgIpc) is 2.70. The molecule has 1 atom stereocenters. The summed E-state index contributed by atoms with van der Waals surface area (Å²) in [6.45, 7) is 4.03. The summed E-state index contributed by atoms with van der Waals surface area (Å²) in [4.78, 5) is 23.1. The van der Waals surface area contributed by atoms with Crippen LogP contribution in [-0.2, 0) is 4.79 Å². The van der Waals surface area contributed by atoms with Gasteiger partial charge < -0.3 is 24.6 Å². The van der Waals surface area contributed by atoms with Crippen LogP contribution < -0.4 is 19.5 Å². The van der Waals surface area contributed by atoms with E-state index < -0.39 is 12.6 Å². The fraction of sp³-hybridized carbons (Fsp3) is 0.333. The van der Waals surface area contributed by atoms with Crippen molar-refractivity contribution < 1.29 is 28.9 Å². The Bertz CT molecular complexity index is 820. The number of methoxy groups -OCH3 is 1. The largest absolute Gasteiger partial charge is 0.493 e. The Labute approximate surface area is 164 Å². The van der Waals surface area contributed by atoms with E-state index in [1.807, 2.05) is 32.0 Å². The van der Waals surface area contributed by atoms with Crippen LogP contribution in [0.3, 0.4) is 0 Å². The van der Waals surface area contributed by atoms with E-state index in [1.165, 1.54) is 6.07 Å². The number of nitrogens with one attached hydrogen (secondary N) is 1. The van der Waals surface area contributed by atoms with Crippen molar-refractivity contribution in [2.45, 2.75) is 26.3 Å². The van der Waals surface area contributed by atoms with Crippen LogP contribution in [0.25, 0.3) is 0 Å². The Hall–Kier alpha value is -3.22. The molecule has 0 bridgehead atoms. The van der Waals surface area contributed by atoms with Crippen molar-refractivity contribution in [2.75, 3.05) is 20.3 Å². The van der Waals surface area contributed by atoms with E-state index in [0.717, 1.165) is 12.0 Å². The lowest BCUT2D eigenvalue weighted by Crippen LogP contribution is -2.26. The lowest BCUT2D eigenvalue weighted by molar-refractivity contribution is -0.139. The van der Waals surface area contributed by atoms with Crippen molar-refractivity contribution in [3.05, 3.63) is 53.6 Å². The highest BCUT2D eigenvalue weighted by molar-refractivity contribution is 5.94. The van der Waals surface area contributed by atoms with Gasteiger partial charge in [-0.25, -0.2) is 4.79 Å². The minimum absolute atomic E-state index is 0.273. The Morgan fingerprint density at radius 2 is 1.89 bits per heavy atom. The van der Waals surface area contributed by atoms with Crippen LogP contribution >= 0.6 is 0 Å². The molecule has 0 heterocycles. The number of carboxylic acids is 1. The van der Waals surface area contributed by atoms with Crippen molar-refractivity contribution in [1.29, 1.82) is 0 Å². The second-order valence-electron chi connectivity index (χ2n) is 6.16. The average molecular weight is 387 g/mol. The zero-order valence-electron chi connectivity index (χ0n) is 16.2. The van der Waals surface area contributed by atoms with E-state index in [-0.39, 0.29) is 11.9 Å². The first-order valence-corrected chi connectivity index (χ1v) is 9.00. The summed E-state index contributed by atoms with van der Waals surface area (Å²) in [5.41, 5.74) is 1.25. The maximum absolute atomic E-state index is 12.5. The second kappa shape index (κ2) is 10.2. The fourth-order valence-corrected chi connectivity index (χ4v) is 2.52. The number of carboxylic acid groups (broad SMARTS) is 1. The van der Waals surface area contributed by atoms with Crippen LogP contribution in [0.5, 0.6) is 17.2 Å². The number of aliphatic carboxylic acids is 1. The summed E-state index contributed by atoms with van der Waals surface area (Å²) in [5.74, 6) is 0.218. The fourth-order valence-electron chi connectivity index (χ4n) is 2.52. The number of hydrogen-bond acceptors (Lipinski definition) is 5. The van der Waals surface area contributed by atoms with Gasteiger partial charge in [0, 0.05) is 5.56 Å². The number of amides is 1. The first-order chi connectivity index (χ1) is 13.4. The van der Waals surface area contributed by atoms with Gasteiger partial charge in [-0.15, -0.1) is 0 Å². The molecule has 0 aliphatic heterocycles. The quantitative estimate of drug-likeness (QED) is 0.649. The zero-order valence-corrected chi connectivity index (χ0v) is 16.2. The van der Waals surface area contributed by atoms with Gasteiger partial charge >= 0.3 is 5.97 Å². The molecule has 0 aliphatic carbocycles. The molecule has 0 aliphatic rings. The third-order valence-corrected chi connectivity index (χ3v) is 3.96. The SMILES string of the molecule is CCCOc1ccc(C(C)NC(=O)c2cccc(OCC(=O)O)c2)cc1OC. The Morgan fingerprint density at radius 3 is 2.57 bits per heavy atom. The number of ether oxygens (including phenoxy) is 3. The molecule has 28 heavy (non-hydrogen) atoms. The molecular formula is C21H25NO6. The molecule has 2 aromatic rings. The summed E-state index contributed by atoms with van der Waals surface area (Å²) < 4.78 is 16.1. The van der Waals surface area contributed by atoms with Crippen LogP contribution in [0, 0.1) is 0 Å². The van der Waals surface area contributed by atoms with Crippen molar-refractivity contribution >= 4 is 11.9 Å².